The van der Waals surface area contributed by atoms with Crippen molar-refractivity contribution in [1.29, 1.82) is 0 Å². The van der Waals surface area contributed by atoms with Crippen LogP contribution in [0.2, 0.25) is 0 Å². The van der Waals surface area contributed by atoms with Gasteiger partial charge in [0.1, 0.15) is 5.76 Å². The Labute approximate surface area is 165 Å². The number of methoxy groups -OCH3 is 2. The van der Waals surface area contributed by atoms with Crippen molar-refractivity contribution in [2.75, 3.05) is 14.2 Å². The molecule has 5 heteroatoms. The summed E-state index contributed by atoms with van der Waals surface area (Å²) in [4.78, 5) is 17.1. The number of aliphatic hydroxyl groups is 1. The maximum atomic E-state index is 12.7. The van der Waals surface area contributed by atoms with Gasteiger partial charge in [-0.2, -0.15) is 0 Å². The number of aryl methyl sites for hydroxylation is 2. The van der Waals surface area contributed by atoms with E-state index in [4.69, 9.17) is 9.47 Å². The van der Waals surface area contributed by atoms with E-state index in [1.807, 2.05) is 44.2 Å². The summed E-state index contributed by atoms with van der Waals surface area (Å²) >= 11 is 0. The number of aliphatic imine (C=N–C) groups is 1. The summed E-state index contributed by atoms with van der Waals surface area (Å²) in [5, 5.41) is 10.5. The molecule has 1 unspecified atom stereocenters. The van der Waals surface area contributed by atoms with Gasteiger partial charge in [-0.1, -0.05) is 12.1 Å². The predicted octanol–water partition coefficient (Wildman–Crippen LogP) is 4.98. The minimum Gasteiger partial charge on any atom is -0.511 e. The first-order valence-corrected chi connectivity index (χ1v) is 9.21. The third kappa shape index (κ3) is 4.25. The summed E-state index contributed by atoms with van der Waals surface area (Å²) in [7, 11) is 3.16. The van der Waals surface area contributed by atoms with E-state index in [9.17, 15) is 9.90 Å². The average Bonchev–Trinajstić information content (AvgIpc) is 2.65. The van der Waals surface area contributed by atoms with E-state index in [1.54, 1.807) is 14.2 Å². The van der Waals surface area contributed by atoms with Gasteiger partial charge in [0.2, 0.25) is 0 Å². The lowest BCUT2D eigenvalue weighted by Gasteiger charge is -2.23. The number of hydrogen-bond acceptors (Lipinski definition) is 5. The lowest BCUT2D eigenvalue weighted by molar-refractivity contribution is -0.116. The van der Waals surface area contributed by atoms with E-state index in [1.165, 1.54) is 6.21 Å². The van der Waals surface area contributed by atoms with Gasteiger partial charge in [-0.3, -0.25) is 9.79 Å². The Bertz CT molecular complexity index is 939. The molecule has 3 rings (SSSR count). The smallest absolute Gasteiger partial charge is 0.168 e. The molecule has 0 saturated carbocycles. The molecule has 5 nitrogen and oxygen atoms in total. The van der Waals surface area contributed by atoms with Crippen molar-refractivity contribution in [1.82, 2.24) is 0 Å². The molecule has 1 aliphatic rings. The normalized spacial score (nSPS) is 17.3. The number of ketones is 1. The number of nitrogens with zero attached hydrogens (tertiary/aromatic N) is 1. The Morgan fingerprint density at radius 2 is 1.68 bits per heavy atom. The molecule has 0 fully saturated rings. The molecule has 0 spiro atoms. The van der Waals surface area contributed by atoms with Crippen LogP contribution in [-0.4, -0.2) is 31.3 Å². The van der Waals surface area contributed by atoms with Gasteiger partial charge < -0.3 is 14.6 Å². The molecule has 0 heterocycles. The Hall–Kier alpha value is -3.08. The van der Waals surface area contributed by atoms with Gasteiger partial charge >= 0.3 is 0 Å². The number of carbonyl (C=O) groups excluding carboxylic acids is 1. The Balaban J connectivity index is 1.83. The molecule has 0 bridgehead atoms. The summed E-state index contributed by atoms with van der Waals surface area (Å²) in [6.07, 6.45) is 2.18. The molecule has 28 heavy (non-hydrogen) atoms. The minimum absolute atomic E-state index is 0.0733. The second-order valence-corrected chi connectivity index (χ2v) is 7.11. The highest BCUT2D eigenvalue weighted by atomic mass is 16.5. The molecule has 0 radical (unpaired) electrons. The van der Waals surface area contributed by atoms with Crippen LogP contribution in [0.1, 0.15) is 35.4 Å². The summed E-state index contributed by atoms with van der Waals surface area (Å²) in [6.45, 7) is 4.00. The van der Waals surface area contributed by atoms with Crippen molar-refractivity contribution in [2.45, 2.75) is 32.6 Å². The Morgan fingerprint density at radius 1 is 1.00 bits per heavy atom. The molecule has 0 aromatic heterocycles. The van der Waals surface area contributed by atoms with E-state index in [0.717, 1.165) is 22.4 Å². The molecular formula is C23H25NO4. The van der Waals surface area contributed by atoms with Crippen LogP contribution in [0, 0.1) is 13.8 Å². The van der Waals surface area contributed by atoms with Crippen molar-refractivity contribution in [3.8, 4) is 11.5 Å². The SMILES string of the molecule is COc1ccc(C2CC(=O)C(C=Nc3cc(C)cc(C)c3)=C(O)C2)cc1OC. The highest BCUT2D eigenvalue weighted by Gasteiger charge is 2.28. The lowest BCUT2D eigenvalue weighted by Crippen LogP contribution is -2.19. The van der Waals surface area contributed by atoms with E-state index < -0.39 is 0 Å². The van der Waals surface area contributed by atoms with Crippen LogP contribution in [0.3, 0.4) is 0 Å². The fourth-order valence-electron chi connectivity index (χ4n) is 3.56. The van der Waals surface area contributed by atoms with E-state index in [0.29, 0.717) is 24.3 Å². The minimum atomic E-state index is -0.114. The number of ether oxygens (including phenoxy) is 2. The summed E-state index contributed by atoms with van der Waals surface area (Å²) in [6, 6.07) is 11.5. The number of Topliss-reactive ketones (excluding diaryl/α,β-unsaturated/α-hetero) is 1. The van der Waals surface area contributed by atoms with Crippen molar-refractivity contribution in [3.05, 3.63) is 64.4 Å². The van der Waals surface area contributed by atoms with Gasteiger partial charge in [0.25, 0.3) is 0 Å². The first kappa shape index (κ1) is 19.7. The van der Waals surface area contributed by atoms with Crippen molar-refractivity contribution in [3.63, 3.8) is 0 Å². The highest BCUT2D eigenvalue weighted by Crippen LogP contribution is 2.37. The van der Waals surface area contributed by atoms with Crippen LogP contribution in [0.15, 0.2) is 52.7 Å². The third-order valence-corrected chi connectivity index (χ3v) is 4.91. The number of aliphatic hydroxyl groups excluding tert-OH is 1. The van der Waals surface area contributed by atoms with Crippen LogP contribution < -0.4 is 9.47 Å². The Morgan fingerprint density at radius 3 is 2.29 bits per heavy atom. The molecule has 2 aromatic rings. The van der Waals surface area contributed by atoms with Crippen LogP contribution in [0.25, 0.3) is 0 Å². The van der Waals surface area contributed by atoms with Crippen molar-refractivity contribution < 1.29 is 19.4 Å². The quantitative estimate of drug-likeness (QED) is 0.744. The number of benzene rings is 2. The van der Waals surface area contributed by atoms with Gasteiger partial charge in [-0.15, -0.1) is 0 Å². The average molecular weight is 379 g/mol. The second kappa shape index (κ2) is 8.30. The summed E-state index contributed by atoms with van der Waals surface area (Å²) < 4.78 is 10.6. The summed E-state index contributed by atoms with van der Waals surface area (Å²) in [5.74, 6) is 1.10. The highest BCUT2D eigenvalue weighted by molar-refractivity contribution is 6.15. The molecular weight excluding hydrogens is 354 g/mol. The zero-order valence-corrected chi connectivity index (χ0v) is 16.7. The van der Waals surface area contributed by atoms with Crippen LogP contribution >= 0.6 is 0 Å². The van der Waals surface area contributed by atoms with Gasteiger partial charge in [0, 0.05) is 19.1 Å². The first-order chi connectivity index (χ1) is 13.4. The fraction of sp³-hybridized carbons (Fsp3) is 0.304. The zero-order chi connectivity index (χ0) is 20.3. The monoisotopic (exact) mass is 379 g/mol. The van der Waals surface area contributed by atoms with E-state index in [-0.39, 0.29) is 23.0 Å². The molecule has 1 N–H and O–H groups in total. The van der Waals surface area contributed by atoms with Crippen LogP contribution in [-0.2, 0) is 4.79 Å². The fourth-order valence-corrected chi connectivity index (χ4v) is 3.56. The van der Waals surface area contributed by atoms with Gasteiger partial charge in [0.15, 0.2) is 17.3 Å². The number of carbonyl (C=O) groups is 1. The maximum Gasteiger partial charge on any atom is 0.168 e. The number of hydrogen-bond donors (Lipinski definition) is 1. The summed E-state index contributed by atoms with van der Waals surface area (Å²) in [5.41, 5.74) is 4.20. The molecule has 0 saturated heterocycles. The Kier molecular flexibility index (Phi) is 5.83. The van der Waals surface area contributed by atoms with E-state index in [2.05, 4.69) is 11.1 Å². The maximum absolute atomic E-state index is 12.7. The van der Waals surface area contributed by atoms with Crippen LogP contribution in [0.5, 0.6) is 11.5 Å². The molecule has 1 aliphatic carbocycles. The molecule has 0 amide bonds. The standard InChI is InChI=1S/C23H25NO4/c1-14-7-15(2)9-18(8-14)24-13-19-20(25)10-17(11-21(19)26)16-5-6-22(27-3)23(12-16)28-4/h5-9,12-13,17,25H,10-11H2,1-4H3. The topological polar surface area (TPSA) is 68.1 Å². The molecule has 1 atom stereocenters. The van der Waals surface area contributed by atoms with Crippen molar-refractivity contribution >= 4 is 17.7 Å². The van der Waals surface area contributed by atoms with Gasteiger partial charge in [0.05, 0.1) is 25.5 Å². The second-order valence-electron chi connectivity index (χ2n) is 7.11. The predicted molar refractivity (Wildman–Crippen MR) is 110 cm³/mol. The molecule has 146 valence electrons. The van der Waals surface area contributed by atoms with Gasteiger partial charge in [-0.25, -0.2) is 0 Å². The number of allylic oxidation sites excluding steroid dienone is 2. The number of rotatable bonds is 5. The van der Waals surface area contributed by atoms with Crippen molar-refractivity contribution in [2.24, 2.45) is 4.99 Å². The largest absolute Gasteiger partial charge is 0.511 e. The zero-order valence-electron chi connectivity index (χ0n) is 16.7. The molecule has 0 aliphatic heterocycles. The van der Waals surface area contributed by atoms with Gasteiger partial charge in [-0.05, 0) is 60.7 Å². The lowest BCUT2D eigenvalue weighted by atomic mass is 9.83. The van der Waals surface area contributed by atoms with E-state index >= 15 is 0 Å². The first-order valence-electron chi connectivity index (χ1n) is 9.21. The third-order valence-electron chi connectivity index (χ3n) is 4.91. The molecule has 2 aromatic carbocycles. The van der Waals surface area contributed by atoms with Crippen LogP contribution in [0.4, 0.5) is 5.69 Å².